The average molecular weight is 337 g/mol. The fraction of sp³-hybridized carbons (Fsp3) is 0.214. The normalized spacial score (nSPS) is 11.0. The molecule has 3 rings (SSSR count). The molecular weight excluding hydrogens is 325 g/mol. The summed E-state index contributed by atoms with van der Waals surface area (Å²) in [7, 11) is 0. The molecule has 5 nitrogen and oxygen atoms in total. The molecule has 0 aliphatic carbocycles. The van der Waals surface area contributed by atoms with E-state index in [1.165, 1.54) is 23.9 Å². The van der Waals surface area contributed by atoms with Gasteiger partial charge >= 0.3 is 0 Å². The summed E-state index contributed by atoms with van der Waals surface area (Å²) in [6.07, 6.45) is 3.55. The van der Waals surface area contributed by atoms with Crippen LogP contribution in [-0.4, -0.2) is 21.4 Å². The summed E-state index contributed by atoms with van der Waals surface area (Å²) in [4.78, 5) is 4.36. The highest BCUT2D eigenvalue weighted by Gasteiger charge is 2.10. The lowest BCUT2D eigenvalue weighted by Gasteiger charge is -1.94. The number of halogens is 1. The molecule has 2 aromatic heterocycles. The van der Waals surface area contributed by atoms with Crippen LogP contribution in [0.25, 0.3) is 11.5 Å². The first-order valence-electron chi connectivity index (χ1n) is 6.39. The molecule has 0 fully saturated rings. The van der Waals surface area contributed by atoms with Crippen molar-refractivity contribution in [3.63, 3.8) is 0 Å². The summed E-state index contributed by atoms with van der Waals surface area (Å²) in [5.41, 5.74) is 1.49. The second-order valence-corrected chi connectivity index (χ2v) is 6.13. The second-order valence-electron chi connectivity index (χ2n) is 4.33. The van der Waals surface area contributed by atoms with Crippen molar-refractivity contribution in [3.05, 3.63) is 47.9 Å². The Bertz CT molecular complexity index is 743. The van der Waals surface area contributed by atoms with Gasteiger partial charge in [-0.05, 0) is 30.5 Å². The van der Waals surface area contributed by atoms with Crippen LogP contribution in [0.5, 0.6) is 0 Å². The van der Waals surface area contributed by atoms with Gasteiger partial charge in [0.25, 0.3) is 5.22 Å². The number of thioether (sulfide) groups is 2. The molecule has 114 valence electrons. The van der Waals surface area contributed by atoms with Crippen LogP contribution in [-0.2, 0) is 11.5 Å². The van der Waals surface area contributed by atoms with E-state index in [1.807, 2.05) is 6.26 Å². The number of hydrogen-bond donors (Lipinski definition) is 0. The molecule has 3 aromatic rings. The highest BCUT2D eigenvalue weighted by atomic mass is 32.2. The van der Waals surface area contributed by atoms with Gasteiger partial charge in [0, 0.05) is 11.3 Å². The SMILES string of the molecule is CSCc1nnc(SCc2coc(-c3ccc(F)cc3)n2)o1. The maximum Gasteiger partial charge on any atom is 0.276 e. The van der Waals surface area contributed by atoms with Gasteiger partial charge < -0.3 is 8.83 Å². The summed E-state index contributed by atoms with van der Waals surface area (Å²) < 4.78 is 23.8. The zero-order valence-corrected chi connectivity index (χ0v) is 13.3. The Morgan fingerprint density at radius 1 is 1.14 bits per heavy atom. The molecule has 0 radical (unpaired) electrons. The van der Waals surface area contributed by atoms with Crippen molar-refractivity contribution in [2.75, 3.05) is 6.26 Å². The van der Waals surface area contributed by atoms with Gasteiger partial charge in [0.05, 0.1) is 11.4 Å². The first-order valence-corrected chi connectivity index (χ1v) is 8.77. The predicted molar refractivity (Wildman–Crippen MR) is 83.0 cm³/mol. The lowest BCUT2D eigenvalue weighted by Crippen LogP contribution is -1.83. The first kappa shape index (κ1) is 15.1. The van der Waals surface area contributed by atoms with E-state index < -0.39 is 0 Å². The monoisotopic (exact) mass is 337 g/mol. The highest BCUT2D eigenvalue weighted by molar-refractivity contribution is 7.98. The van der Waals surface area contributed by atoms with Gasteiger partial charge in [0.2, 0.25) is 11.8 Å². The molecule has 1 aromatic carbocycles. The van der Waals surface area contributed by atoms with E-state index in [9.17, 15) is 4.39 Å². The quantitative estimate of drug-likeness (QED) is 0.629. The summed E-state index contributed by atoms with van der Waals surface area (Å²) in [6, 6.07) is 6.01. The van der Waals surface area contributed by atoms with Crippen LogP contribution in [0.1, 0.15) is 11.6 Å². The van der Waals surface area contributed by atoms with Crippen molar-refractivity contribution >= 4 is 23.5 Å². The fourth-order valence-electron chi connectivity index (χ4n) is 1.71. The summed E-state index contributed by atoms with van der Waals surface area (Å²) in [6.45, 7) is 0. The number of rotatable bonds is 6. The van der Waals surface area contributed by atoms with E-state index >= 15 is 0 Å². The third-order valence-corrected chi connectivity index (χ3v) is 4.09. The molecule has 0 spiro atoms. The number of benzene rings is 1. The van der Waals surface area contributed by atoms with E-state index in [4.69, 9.17) is 8.83 Å². The highest BCUT2D eigenvalue weighted by Crippen LogP contribution is 2.24. The Morgan fingerprint density at radius 3 is 2.73 bits per heavy atom. The van der Waals surface area contributed by atoms with Crippen LogP contribution in [0.4, 0.5) is 4.39 Å². The average Bonchev–Trinajstić information content (AvgIpc) is 3.16. The zero-order valence-electron chi connectivity index (χ0n) is 11.7. The van der Waals surface area contributed by atoms with Gasteiger partial charge in [0.15, 0.2) is 0 Å². The molecule has 0 aliphatic heterocycles. The largest absolute Gasteiger partial charge is 0.444 e. The molecule has 0 saturated heterocycles. The molecule has 2 heterocycles. The molecule has 8 heteroatoms. The minimum Gasteiger partial charge on any atom is -0.444 e. The van der Waals surface area contributed by atoms with Gasteiger partial charge in [-0.25, -0.2) is 9.37 Å². The summed E-state index contributed by atoms with van der Waals surface area (Å²) in [5, 5.41) is 8.41. The Balaban J connectivity index is 1.62. The molecule has 0 amide bonds. The van der Waals surface area contributed by atoms with Crippen molar-refractivity contribution in [1.29, 1.82) is 0 Å². The number of aromatic nitrogens is 3. The molecule has 0 bridgehead atoms. The number of oxazole rings is 1. The van der Waals surface area contributed by atoms with Crippen molar-refractivity contribution < 1.29 is 13.2 Å². The zero-order chi connectivity index (χ0) is 15.4. The summed E-state index contributed by atoms with van der Waals surface area (Å²) in [5.74, 6) is 2.05. The number of nitrogens with zero attached hydrogens (tertiary/aromatic N) is 3. The van der Waals surface area contributed by atoms with Crippen LogP contribution in [0, 0.1) is 5.82 Å². The topological polar surface area (TPSA) is 65.0 Å². The molecule has 22 heavy (non-hydrogen) atoms. The molecule has 0 N–H and O–H groups in total. The predicted octanol–water partition coefficient (Wildman–Crippen LogP) is 4.02. The van der Waals surface area contributed by atoms with E-state index in [0.29, 0.717) is 28.5 Å². The van der Waals surface area contributed by atoms with Gasteiger partial charge in [-0.3, -0.25) is 0 Å². The summed E-state index contributed by atoms with van der Waals surface area (Å²) >= 11 is 3.02. The van der Waals surface area contributed by atoms with Crippen LogP contribution in [0.3, 0.4) is 0 Å². The Morgan fingerprint density at radius 2 is 1.95 bits per heavy atom. The van der Waals surface area contributed by atoms with Crippen molar-refractivity contribution in [3.8, 4) is 11.5 Å². The van der Waals surface area contributed by atoms with Gasteiger partial charge in [-0.1, -0.05) is 11.8 Å². The van der Waals surface area contributed by atoms with Crippen LogP contribution >= 0.6 is 23.5 Å². The van der Waals surface area contributed by atoms with E-state index in [2.05, 4.69) is 15.2 Å². The maximum absolute atomic E-state index is 12.9. The van der Waals surface area contributed by atoms with Gasteiger partial charge in [-0.15, -0.1) is 10.2 Å². The Hall–Kier alpha value is -1.80. The van der Waals surface area contributed by atoms with Crippen molar-refractivity contribution in [1.82, 2.24) is 15.2 Å². The second kappa shape index (κ2) is 6.97. The third-order valence-electron chi connectivity index (χ3n) is 2.70. The molecule has 0 atom stereocenters. The minimum atomic E-state index is -0.288. The molecule has 0 aliphatic rings. The molecular formula is C14H12FN3O2S2. The van der Waals surface area contributed by atoms with E-state index in [0.717, 1.165) is 11.3 Å². The maximum atomic E-state index is 12.9. The van der Waals surface area contributed by atoms with Crippen molar-refractivity contribution in [2.45, 2.75) is 16.7 Å². The number of hydrogen-bond acceptors (Lipinski definition) is 7. The van der Waals surface area contributed by atoms with Crippen LogP contribution in [0.2, 0.25) is 0 Å². The lowest BCUT2D eigenvalue weighted by molar-refractivity contribution is 0.426. The fourth-order valence-corrected chi connectivity index (χ4v) is 2.73. The third kappa shape index (κ3) is 3.69. The smallest absolute Gasteiger partial charge is 0.276 e. The first-order chi connectivity index (χ1) is 10.7. The Labute approximate surface area is 134 Å². The van der Waals surface area contributed by atoms with Gasteiger partial charge in [-0.2, -0.15) is 11.8 Å². The van der Waals surface area contributed by atoms with E-state index in [-0.39, 0.29) is 5.82 Å². The van der Waals surface area contributed by atoms with Crippen LogP contribution < -0.4 is 0 Å². The van der Waals surface area contributed by atoms with Crippen molar-refractivity contribution in [2.24, 2.45) is 0 Å². The Kier molecular flexibility index (Phi) is 4.79. The lowest BCUT2D eigenvalue weighted by atomic mass is 10.2. The van der Waals surface area contributed by atoms with E-state index in [1.54, 1.807) is 30.2 Å². The molecule has 0 saturated carbocycles. The van der Waals surface area contributed by atoms with Gasteiger partial charge in [0.1, 0.15) is 12.1 Å². The minimum absolute atomic E-state index is 0.288. The molecule has 0 unspecified atom stereocenters. The standard InChI is InChI=1S/C14H12FN3O2S2/c1-21-8-12-17-18-14(20-12)22-7-11-6-19-13(16-11)9-2-4-10(15)5-3-9/h2-6H,7-8H2,1H3. The van der Waals surface area contributed by atoms with Crippen LogP contribution in [0.15, 0.2) is 44.6 Å².